The average molecular weight is 578 g/mol. The maximum Gasteiger partial charge on any atom is 0.312 e. The molecule has 3 aliphatic heterocycles. The summed E-state index contributed by atoms with van der Waals surface area (Å²) in [5.74, 6) is -2.78. The van der Waals surface area contributed by atoms with Gasteiger partial charge in [0.05, 0.1) is 37.2 Å². The molecule has 202 valence electrons. The fraction of sp³-hybridized carbons (Fsp3) is 0.607. The Balaban J connectivity index is 1.82. The molecule has 7 atom stereocenters. The van der Waals surface area contributed by atoms with E-state index in [0.29, 0.717) is 25.1 Å². The molecule has 37 heavy (non-hydrogen) atoms. The lowest BCUT2D eigenvalue weighted by Gasteiger charge is -2.39. The second-order valence-electron chi connectivity index (χ2n) is 10.1. The van der Waals surface area contributed by atoms with Crippen LogP contribution in [0, 0.1) is 11.8 Å². The van der Waals surface area contributed by atoms with Crippen molar-refractivity contribution in [2.24, 2.45) is 11.8 Å². The third-order valence-corrected chi connectivity index (χ3v) is 8.75. The summed E-state index contributed by atoms with van der Waals surface area (Å²) >= 11 is 3.67. The van der Waals surface area contributed by atoms with Crippen molar-refractivity contribution in [2.45, 2.75) is 68.1 Å². The molecule has 3 saturated heterocycles. The highest BCUT2D eigenvalue weighted by atomic mass is 79.9. The van der Waals surface area contributed by atoms with E-state index < -0.39 is 41.6 Å². The van der Waals surface area contributed by atoms with E-state index in [0.717, 1.165) is 19.3 Å². The molecule has 3 heterocycles. The zero-order valence-electron chi connectivity index (χ0n) is 21.6. The van der Waals surface area contributed by atoms with Gasteiger partial charge in [0, 0.05) is 17.9 Å². The second-order valence-corrected chi connectivity index (χ2v) is 11.2. The number of nitrogens with zero attached hydrogens (tertiary/aromatic N) is 2. The van der Waals surface area contributed by atoms with E-state index >= 15 is 0 Å². The van der Waals surface area contributed by atoms with Crippen molar-refractivity contribution in [3.63, 3.8) is 0 Å². The van der Waals surface area contributed by atoms with Gasteiger partial charge in [-0.25, -0.2) is 0 Å². The summed E-state index contributed by atoms with van der Waals surface area (Å²) in [6, 6.07) is 7.44. The second kappa shape index (κ2) is 11.7. The number of hydrogen-bond acceptors (Lipinski definition) is 6. The monoisotopic (exact) mass is 576 g/mol. The first-order chi connectivity index (χ1) is 17.9. The number of carbonyl (C=O) groups excluding carboxylic acids is 3. The third-order valence-electron chi connectivity index (χ3n) is 7.91. The molecule has 2 bridgehead atoms. The Morgan fingerprint density at radius 3 is 2.68 bits per heavy atom. The van der Waals surface area contributed by atoms with E-state index in [4.69, 9.17) is 9.47 Å². The largest absolute Gasteiger partial charge is 0.466 e. The molecule has 1 N–H and O–H groups in total. The number of aliphatic hydroxyl groups excluding tert-OH is 1. The van der Waals surface area contributed by atoms with E-state index in [1.807, 2.05) is 30.3 Å². The van der Waals surface area contributed by atoms with Gasteiger partial charge in [-0.2, -0.15) is 0 Å². The minimum atomic E-state index is -1.20. The van der Waals surface area contributed by atoms with Gasteiger partial charge < -0.3 is 24.4 Å². The van der Waals surface area contributed by atoms with Crippen molar-refractivity contribution in [1.82, 2.24) is 9.80 Å². The van der Waals surface area contributed by atoms with Crippen LogP contribution in [0.25, 0.3) is 0 Å². The van der Waals surface area contributed by atoms with Gasteiger partial charge in [0.1, 0.15) is 11.6 Å². The summed E-state index contributed by atoms with van der Waals surface area (Å²) in [7, 11) is 0. The highest BCUT2D eigenvalue weighted by Crippen LogP contribution is 2.61. The first-order valence-electron chi connectivity index (χ1n) is 13.2. The van der Waals surface area contributed by atoms with Gasteiger partial charge in [0.25, 0.3) is 0 Å². The van der Waals surface area contributed by atoms with E-state index in [1.54, 1.807) is 17.9 Å². The smallest absolute Gasteiger partial charge is 0.312 e. The molecule has 0 aliphatic carbocycles. The molecule has 3 fully saturated rings. The van der Waals surface area contributed by atoms with Crippen LogP contribution in [0.2, 0.25) is 0 Å². The lowest BCUT2D eigenvalue weighted by atomic mass is 9.70. The van der Waals surface area contributed by atoms with Crippen molar-refractivity contribution in [2.75, 3.05) is 26.3 Å². The average Bonchev–Trinajstić information content (AvgIpc) is 3.48. The summed E-state index contributed by atoms with van der Waals surface area (Å²) in [4.78, 5) is 44.7. The Kier molecular flexibility index (Phi) is 8.76. The van der Waals surface area contributed by atoms with Crippen LogP contribution in [-0.2, 0) is 23.9 Å². The van der Waals surface area contributed by atoms with Crippen LogP contribution in [0.4, 0.5) is 0 Å². The Morgan fingerprint density at radius 1 is 1.32 bits per heavy atom. The van der Waals surface area contributed by atoms with Gasteiger partial charge in [0.15, 0.2) is 0 Å². The van der Waals surface area contributed by atoms with E-state index in [9.17, 15) is 19.5 Å². The number of esters is 1. The molecule has 2 amide bonds. The molecule has 9 heteroatoms. The number of hydrogen-bond donors (Lipinski definition) is 1. The summed E-state index contributed by atoms with van der Waals surface area (Å²) in [6.07, 6.45) is 4.32. The molecule has 0 radical (unpaired) electrons. The Hall–Kier alpha value is -2.23. The Labute approximate surface area is 227 Å². The summed E-state index contributed by atoms with van der Waals surface area (Å²) in [5.41, 5.74) is -0.483. The van der Waals surface area contributed by atoms with Crippen molar-refractivity contribution in [3.05, 3.63) is 48.6 Å². The van der Waals surface area contributed by atoms with Crippen LogP contribution in [-0.4, -0.2) is 81.6 Å². The van der Waals surface area contributed by atoms with Crippen molar-refractivity contribution >= 4 is 33.7 Å². The first kappa shape index (κ1) is 27.8. The third kappa shape index (κ3) is 4.74. The van der Waals surface area contributed by atoms with Gasteiger partial charge in [0.2, 0.25) is 11.8 Å². The maximum atomic E-state index is 14.4. The van der Waals surface area contributed by atoms with Gasteiger partial charge in [-0.15, -0.1) is 6.58 Å². The van der Waals surface area contributed by atoms with Gasteiger partial charge >= 0.3 is 5.97 Å². The predicted octanol–water partition coefficient (Wildman–Crippen LogP) is 3.24. The molecule has 3 aliphatic rings. The highest BCUT2D eigenvalue weighted by Gasteiger charge is 2.77. The van der Waals surface area contributed by atoms with E-state index in [2.05, 4.69) is 29.4 Å². The fourth-order valence-corrected chi connectivity index (χ4v) is 7.34. The number of alkyl halides is 1. The number of amides is 2. The number of rotatable bonds is 12. The van der Waals surface area contributed by atoms with Crippen LogP contribution in [0.1, 0.15) is 51.1 Å². The lowest BCUT2D eigenvalue weighted by Crippen LogP contribution is -2.57. The SMILES string of the molecule is C=CCN(CCCCC)C(=O)C1N([C@H](CO)c2ccccc2)C(=O)[C@@H]2[C@@H](C(=O)OCC)[C@@H]3OC12CC3Br. The van der Waals surface area contributed by atoms with Gasteiger partial charge in [-0.05, 0) is 25.3 Å². The van der Waals surface area contributed by atoms with Crippen LogP contribution in [0.3, 0.4) is 0 Å². The molecule has 1 spiro atoms. The number of fused-ring (bicyclic) bond motifs is 1. The number of likely N-dealkylation sites (tertiary alicyclic amines) is 1. The van der Waals surface area contributed by atoms with Crippen LogP contribution in [0.5, 0.6) is 0 Å². The summed E-state index contributed by atoms with van der Waals surface area (Å²) in [6.45, 7) is 8.33. The number of ether oxygens (including phenoxy) is 2. The number of benzene rings is 1. The summed E-state index contributed by atoms with van der Waals surface area (Å²) in [5, 5.41) is 10.5. The minimum Gasteiger partial charge on any atom is -0.466 e. The van der Waals surface area contributed by atoms with Crippen LogP contribution in [0.15, 0.2) is 43.0 Å². The quantitative estimate of drug-likeness (QED) is 0.177. The predicted molar refractivity (Wildman–Crippen MR) is 142 cm³/mol. The molecule has 4 rings (SSSR count). The number of halogens is 1. The lowest BCUT2D eigenvalue weighted by molar-refractivity contribution is -0.156. The van der Waals surface area contributed by atoms with Gasteiger partial charge in [-0.3, -0.25) is 14.4 Å². The Morgan fingerprint density at radius 2 is 2.05 bits per heavy atom. The number of unbranched alkanes of at least 4 members (excludes halogenated alkanes) is 2. The van der Waals surface area contributed by atoms with Gasteiger partial charge in [-0.1, -0.05) is 72.1 Å². The number of carbonyl (C=O) groups is 3. The van der Waals surface area contributed by atoms with Crippen molar-refractivity contribution in [1.29, 1.82) is 0 Å². The molecule has 1 aromatic rings. The van der Waals surface area contributed by atoms with E-state index in [-0.39, 0.29) is 29.9 Å². The zero-order chi connectivity index (χ0) is 26.7. The van der Waals surface area contributed by atoms with Crippen LogP contribution < -0.4 is 0 Å². The normalized spacial score (nSPS) is 30.8. The Bertz CT molecular complexity index is 1010. The van der Waals surface area contributed by atoms with E-state index in [1.165, 1.54) is 4.90 Å². The molecule has 0 aromatic heterocycles. The first-order valence-corrected chi connectivity index (χ1v) is 14.1. The highest BCUT2D eigenvalue weighted by molar-refractivity contribution is 9.09. The van der Waals surface area contributed by atoms with Crippen molar-refractivity contribution in [3.8, 4) is 0 Å². The minimum absolute atomic E-state index is 0.183. The summed E-state index contributed by atoms with van der Waals surface area (Å²) < 4.78 is 11.9. The molecule has 3 unspecified atom stereocenters. The maximum absolute atomic E-state index is 14.4. The molecular weight excluding hydrogens is 540 g/mol. The molecule has 0 saturated carbocycles. The molecule has 1 aromatic carbocycles. The molecular formula is C28H37BrN2O6. The standard InChI is InChI=1S/C28H37BrN2O6/c1-4-7-11-15-30(14-5-2)26(34)24-28-16-19(29)23(37-28)21(27(35)36-6-3)22(28)25(33)31(24)20(17-32)18-12-9-8-10-13-18/h5,8-10,12-13,19-24,32H,2,4,6-7,11,14-17H2,1,3H3/t19?,20-,21-,22+,23-,24?,28?/m1/s1. The topological polar surface area (TPSA) is 96.4 Å². The number of aliphatic hydroxyl groups is 1. The van der Waals surface area contributed by atoms with Crippen molar-refractivity contribution < 1.29 is 29.0 Å². The molecule has 8 nitrogen and oxygen atoms in total. The van der Waals surface area contributed by atoms with Crippen LogP contribution >= 0.6 is 15.9 Å². The zero-order valence-corrected chi connectivity index (χ0v) is 23.1. The fourth-order valence-electron chi connectivity index (χ4n) is 6.39.